The molecule has 0 radical (unpaired) electrons. The molecule has 27 heavy (non-hydrogen) atoms. The molecule has 1 atom stereocenters. The number of unbranched alkanes of at least 4 members (excludes halogenated alkanes) is 1. The van der Waals surface area contributed by atoms with Crippen LogP contribution in [0.2, 0.25) is 0 Å². The van der Waals surface area contributed by atoms with Crippen molar-refractivity contribution >= 4 is 5.69 Å². The molecule has 0 aliphatic rings. The fraction of sp³-hybridized carbons (Fsp3) is 0.400. The van der Waals surface area contributed by atoms with E-state index in [2.05, 4.69) is 32.3 Å². The van der Waals surface area contributed by atoms with Gasteiger partial charge in [-0.3, -0.25) is 4.79 Å². The van der Waals surface area contributed by atoms with Crippen molar-refractivity contribution in [1.82, 2.24) is 20.1 Å². The largest absolute Gasteiger partial charge is 0.374 e. The number of nitrogens with one attached hydrogen (secondary N) is 2. The lowest BCUT2D eigenvalue weighted by Gasteiger charge is -2.12. The molecular formula is C20H25N5O2. The molecule has 2 N–H and O–H groups in total. The van der Waals surface area contributed by atoms with Crippen molar-refractivity contribution in [3.8, 4) is 11.4 Å². The van der Waals surface area contributed by atoms with E-state index in [-0.39, 0.29) is 11.6 Å². The van der Waals surface area contributed by atoms with Crippen molar-refractivity contribution < 1.29 is 4.52 Å². The van der Waals surface area contributed by atoms with Crippen LogP contribution in [-0.2, 0) is 12.8 Å². The van der Waals surface area contributed by atoms with E-state index >= 15 is 0 Å². The Morgan fingerprint density at radius 1 is 1.22 bits per heavy atom. The van der Waals surface area contributed by atoms with Crippen LogP contribution in [0.15, 0.2) is 39.6 Å². The number of aryl methyl sites for hydroxylation is 2. The van der Waals surface area contributed by atoms with Crippen molar-refractivity contribution in [2.24, 2.45) is 0 Å². The highest BCUT2D eigenvalue weighted by molar-refractivity contribution is 5.62. The lowest BCUT2D eigenvalue weighted by atomic mass is 10.1. The molecule has 0 fully saturated rings. The third-order valence-electron chi connectivity index (χ3n) is 4.28. The van der Waals surface area contributed by atoms with Gasteiger partial charge in [-0.1, -0.05) is 37.6 Å². The van der Waals surface area contributed by atoms with Gasteiger partial charge in [0.2, 0.25) is 5.89 Å². The quantitative estimate of drug-likeness (QED) is 0.627. The van der Waals surface area contributed by atoms with Crippen LogP contribution in [0.4, 0.5) is 5.69 Å². The summed E-state index contributed by atoms with van der Waals surface area (Å²) < 4.78 is 5.37. The van der Waals surface area contributed by atoms with Gasteiger partial charge in [0.05, 0.1) is 0 Å². The first-order valence-electron chi connectivity index (χ1n) is 9.38. The van der Waals surface area contributed by atoms with Crippen molar-refractivity contribution in [3.63, 3.8) is 0 Å². The summed E-state index contributed by atoms with van der Waals surface area (Å²) >= 11 is 0. The van der Waals surface area contributed by atoms with Crippen LogP contribution in [-0.4, -0.2) is 20.1 Å². The maximum absolute atomic E-state index is 11.8. The molecule has 0 saturated heterocycles. The zero-order chi connectivity index (χ0) is 19.2. The van der Waals surface area contributed by atoms with Crippen LogP contribution in [0.25, 0.3) is 11.4 Å². The Bertz CT molecular complexity index is 947. The number of aromatic amines is 1. The van der Waals surface area contributed by atoms with Gasteiger partial charge in [-0.25, -0.2) is 4.98 Å². The molecule has 0 unspecified atom stereocenters. The van der Waals surface area contributed by atoms with Crippen LogP contribution in [0.5, 0.6) is 0 Å². The summed E-state index contributed by atoms with van der Waals surface area (Å²) in [5, 5.41) is 7.40. The maximum atomic E-state index is 11.8. The monoisotopic (exact) mass is 367 g/mol. The first-order valence-corrected chi connectivity index (χ1v) is 9.38. The second-order valence-corrected chi connectivity index (χ2v) is 6.54. The van der Waals surface area contributed by atoms with E-state index in [1.807, 2.05) is 38.1 Å². The molecule has 142 valence electrons. The van der Waals surface area contributed by atoms with Crippen LogP contribution in [0.1, 0.15) is 57.1 Å². The fourth-order valence-electron chi connectivity index (χ4n) is 2.77. The molecule has 0 amide bonds. The van der Waals surface area contributed by atoms with Gasteiger partial charge in [0.15, 0.2) is 5.82 Å². The summed E-state index contributed by atoms with van der Waals surface area (Å²) in [4.78, 5) is 23.6. The molecule has 0 aliphatic heterocycles. The Morgan fingerprint density at radius 3 is 2.85 bits per heavy atom. The second-order valence-electron chi connectivity index (χ2n) is 6.54. The topological polar surface area (TPSA) is 96.7 Å². The predicted molar refractivity (Wildman–Crippen MR) is 105 cm³/mol. The molecule has 2 aromatic heterocycles. The van der Waals surface area contributed by atoms with Gasteiger partial charge < -0.3 is 14.8 Å². The third-order valence-corrected chi connectivity index (χ3v) is 4.28. The highest BCUT2D eigenvalue weighted by Gasteiger charge is 2.14. The molecule has 0 saturated carbocycles. The first-order chi connectivity index (χ1) is 13.1. The van der Waals surface area contributed by atoms with E-state index in [1.54, 1.807) is 0 Å². The molecule has 0 aliphatic carbocycles. The molecule has 3 rings (SSSR count). The van der Waals surface area contributed by atoms with E-state index in [0.29, 0.717) is 18.1 Å². The normalized spacial score (nSPS) is 12.1. The summed E-state index contributed by atoms with van der Waals surface area (Å²) in [5.74, 6) is 1.87. The fourth-order valence-corrected chi connectivity index (χ4v) is 2.77. The highest BCUT2D eigenvalue weighted by Crippen LogP contribution is 2.23. The number of H-pyrrole nitrogens is 1. The van der Waals surface area contributed by atoms with E-state index in [0.717, 1.165) is 42.0 Å². The van der Waals surface area contributed by atoms with Gasteiger partial charge in [-0.2, -0.15) is 4.98 Å². The SMILES string of the molecule is CCCCc1noc([C@H](C)Nc2cccc(-c3nc(CC)cc(=O)[nH]3)c2)n1. The van der Waals surface area contributed by atoms with Gasteiger partial charge in [0.1, 0.15) is 11.9 Å². The highest BCUT2D eigenvalue weighted by atomic mass is 16.5. The molecule has 0 spiro atoms. The zero-order valence-electron chi connectivity index (χ0n) is 16.0. The zero-order valence-corrected chi connectivity index (χ0v) is 16.0. The molecule has 7 heteroatoms. The number of aromatic nitrogens is 4. The Hall–Kier alpha value is -2.96. The number of nitrogens with zero attached hydrogens (tertiary/aromatic N) is 3. The summed E-state index contributed by atoms with van der Waals surface area (Å²) in [7, 11) is 0. The summed E-state index contributed by atoms with van der Waals surface area (Å²) in [5.41, 5.74) is 2.35. The third kappa shape index (κ3) is 4.81. The van der Waals surface area contributed by atoms with E-state index < -0.39 is 0 Å². The number of rotatable bonds is 8. The van der Waals surface area contributed by atoms with Gasteiger partial charge in [0.25, 0.3) is 5.56 Å². The first kappa shape index (κ1) is 18.8. The summed E-state index contributed by atoms with van der Waals surface area (Å²) in [6, 6.07) is 9.14. The van der Waals surface area contributed by atoms with Gasteiger partial charge >= 0.3 is 0 Å². The van der Waals surface area contributed by atoms with E-state index in [1.165, 1.54) is 6.07 Å². The van der Waals surface area contributed by atoms with Crippen LogP contribution in [0.3, 0.4) is 0 Å². The Kier molecular flexibility index (Phi) is 6.01. The number of hydrogen-bond acceptors (Lipinski definition) is 6. The average molecular weight is 367 g/mol. The summed E-state index contributed by atoms with van der Waals surface area (Å²) in [6.07, 6.45) is 3.68. The minimum Gasteiger partial charge on any atom is -0.374 e. The minimum absolute atomic E-state index is 0.128. The lowest BCUT2D eigenvalue weighted by Crippen LogP contribution is -2.10. The van der Waals surface area contributed by atoms with Crippen molar-refractivity contribution in [3.05, 3.63) is 58.1 Å². The Balaban J connectivity index is 1.76. The minimum atomic E-state index is -0.144. The maximum Gasteiger partial charge on any atom is 0.251 e. The number of hydrogen-bond donors (Lipinski definition) is 2. The van der Waals surface area contributed by atoms with Crippen molar-refractivity contribution in [2.45, 2.75) is 52.5 Å². The molecule has 2 heterocycles. The molecule has 1 aromatic carbocycles. The number of benzene rings is 1. The van der Waals surface area contributed by atoms with Crippen LogP contribution < -0.4 is 10.9 Å². The van der Waals surface area contributed by atoms with Crippen LogP contribution >= 0.6 is 0 Å². The molecular weight excluding hydrogens is 342 g/mol. The van der Waals surface area contributed by atoms with Gasteiger partial charge in [0, 0.05) is 29.4 Å². The molecule has 7 nitrogen and oxygen atoms in total. The van der Waals surface area contributed by atoms with E-state index in [9.17, 15) is 4.79 Å². The Morgan fingerprint density at radius 2 is 2.07 bits per heavy atom. The lowest BCUT2D eigenvalue weighted by molar-refractivity contribution is 0.362. The summed E-state index contributed by atoms with van der Waals surface area (Å²) in [6.45, 7) is 6.09. The average Bonchev–Trinajstić information content (AvgIpc) is 3.15. The van der Waals surface area contributed by atoms with Crippen molar-refractivity contribution in [1.29, 1.82) is 0 Å². The number of anilines is 1. The van der Waals surface area contributed by atoms with Gasteiger partial charge in [-0.05, 0) is 31.9 Å². The molecule has 0 bridgehead atoms. The van der Waals surface area contributed by atoms with Crippen LogP contribution in [0, 0.1) is 0 Å². The van der Waals surface area contributed by atoms with E-state index in [4.69, 9.17) is 4.52 Å². The standard InChI is InChI=1S/C20H25N5O2/c1-4-6-10-17-23-20(27-25-17)13(3)21-16-9-7-8-14(11-16)19-22-15(5-2)12-18(26)24-19/h7-9,11-13,21H,4-6,10H2,1-3H3,(H,22,24,26)/t13-/m0/s1. The molecule has 3 aromatic rings. The second kappa shape index (κ2) is 8.62. The Labute approximate surface area is 158 Å². The smallest absolute Gasteiger partial charge is 0.251 e. The van der Waals surface area contributed by atoms with Gasteiger partial charge in [-0.15, -0.1) is 0 Å². The van der Waals surface area contributed by atoms with Crippen molar-refractivity contribution in [2.75, 3.05) is 5.32 Å². The predicted octanol–water partition coefficient (Wildman–Crippen LogP) is 3.90.